The van der Waals surface area contributed by atoms with E-state index < -0.39 is 0 Å². The van der Waals surface area contributed by atoms with Gasteiger partial charge in [0.2, 0.25) is 11.8 Å². The first-order valence-electron chi connectivity index (χ1n) is 6.30. The molecule has 0 saturated heterocycles. The molecule has 18 heavy (non-hydrogen) atoms. The summed E-state index contributed by atoms with van der Waals surface area (Å²) in [6, 6.07) is 10.4. The van der Waals surface area contributed by atoms with Gasteiger partial charge < -0.3 is 4.42 Å². The average Bonchev–Trinajstić information content (AvgIpc) is 3.10. The number of alkyl halides is 1. The molecule has 1 unspecified atom stereocenters. The van der Waals surface area contributed by atoms with E-state index in [0.29, 0.717) is 5.89 Å². The summed E-state index contributed by atoms with van der Waals surface area (Å²) in [7, 11) is 0. The van der Waals surface area contributed by atoms with E-state index in [4.69, 9.17) is 4.42 Å². The van der Waals surface area contributed by atoms with Gasteiger partial charge in [-0.2, -0.15) is 0 Å². The summed E-state index contributed by atoms with van der Waals surface area (Å²) in [5.74, 6) is 1.45. The lowest BCUT2D eigenvalue weighted by Gasteiger charge is -2.10. The van der Waals surface area contributed by atoms with Gasteiger partial charge in [0.25, 0.3) is 0 Å². The van der Waals surface area contributed by atoms with E-state index in [1.807, 2.05) is 6.07 Å². The minimum absolute atomic E-state index is 0.0209. The monoisotopic (exact) mass is 306 g/mol. The van der Waals surface area contributed by atoms with Crippen molar-refractivity contribution in [2.45, 2.75) is 36.4 Å². The molecular weight excluding hydrogens is 292 g/mol. The van der Waals surface area contributed by atoms with Gasteiger partial charge in [-0.1, -0.05) is 53.2 Å². The normalized spacial score (nSPS) is 18.6. The van der Waals surface area contributed by atoms with Crippen LogP contribution in [0.25, 0.3) is 0 Å². The molecular formula is C14H15BrN2O. The van der Waals surface area contributed by atoms with Gasteiger partial charge in [-0.3, -0.25) is 0 Å². The average molecular weight is 307 g/mol. The molecule has 3 rings (SSSR count). The van der Waals surface area contributed by atoms with Gasteiger partial charge in [0, 0.05) is 0 Å². The first-order chi connectivity index (χ1) is 8.76. The third kappa shape index (κ3) is 1.88. The van der Waals surface area contributed by atoms with Crippen molar-refractivity contribution < 1.29 is 4.42 Å². The molecule has 1 fully saturated rings. The lowest BCUT2D eigenvalue weighted by atomic mass is 9.96. The van der Waals surface area contributed by atoms with E-state index >= 15 is 0 Å². The quantitative estimate of drug-likeness (QED) is 0.802. The van der Waals surface area contributed by atoms with E-state index in [1.165, 1.54) is 5.56 Å². The Kier molecular flexibility index (Phi) is 2.98. The van der Waals surface area contributed by atoms with Crippen LogP contribution in [0.3, 0.4) is 0 Å². The maximum Gasteiger partial charge on any atom is 0.230 e. The Morgan fingerprint density at radius 3 is 2.61 bits per heavy atom. The molecule has 1 aliphatic rings. The summed E-state index contributed by atoms with van der Waals surface area (Å²) in [5.41, 5.74) is 1.26. The highest BCUT2D eigenvalue weighted by Crippen LogP contribution is 2.53. The molecule has 1 aromatic carbocycles. The summed E-state index contributed by atoms with van der Waals surface area (Å²) >= 11 is 3.55. The highest BCUT2D eigenvalue weighted by molar-refractivity contribution is 9.09. The van der Waals surface area contributed by atoms with E-state index in [9.17, 15) is 0 Å². The SMILES string of the molecule is CCC(Br)c1nnc(C2(c3ccccc3)CC2)o1. The molecule has 2 aromatic rings. The highest BCUT2D eigenvalue weighted by atomic mass is 79.9. The summed E-state index contributed by atoms with van der Waals surface area (Å²) in [5, 5.41) is 8.40. The van der Waals surface area contributed by atoms with Gasteiger partial charge in [0.1, 0.15) is 0 Å². The van der Waals surface area contributed by atoms with Crippen LogP contribution in [0.5, 0.6) is 0 Å². The van der Waals surface area contributed by atoms with Crippen LogP contribution in [0.1, 0.15) is 48.4 Å². The van der Waals surface area contributed by atoms with Crippen LogP contribution in [0.2, 0.25) is 0 Å². The molecule has 3 nitrogen and oxygen atoms in total. The minimum atomic E-state index is -0.0209. The van der Waals surface area contributed by atoms with Crippen molar-refractivity contribution in [3.63, 3.8) is 0 Å². The second-order valence-electron chi connectivity index (χ2n) is 4.77. The molecule has 94 valence electrons. The standard InChI is InChI=1S/C14H15BrN2O/c1-2-11(15)12-16-17-13(18-12)14(8-9-14)10-6-4-3-5-7-10/h3-7,11H,2,8-9H2,1H3. The van der Waals surface area contributed by atoms with Gasteiger partial charge in [0.15, 0.2) is 0 Å². The number of aromatic nitrogens is 2. The molecule has 0 spiro atoms. The maximum absolute atomic E-state index is 5.85. The largest absolute Gasteiger partial charge is 0.423 e. The predicted octanol–water partition coefficient (Wildman–Crippen LogP) is 4.00. The van der Waals surface area contributed by atoms with Crippen LogP contribution in [0, 0.1) is 0 Å². The minimum Gasteiger partial charge on any atom is -0.423 e. The zero-order valence-electron chi connectivity index (χ0n) is 10.3. The molecule has 1 saturated carbocycles. The smallest absolute Gasteiger partial charge is 0.230 e. The Morgan fingerprint density at radius 2 is 2.00 bits per heavy atom. The van der Waals surface area contributed by atoms with Gasteiger partial charge in [-0.05, 0) is 24.8 Å². The van der Waals surface area contributed by atoms with Crippen LogP contribution in [-0.2, 0) is 5.41 Å². The number of nitrogens with zero attached hydrogens (tertiary/aromatic N) is 2. The molecule has 0 bridgehead atoms. The van der Waals surface area contributed by atoms with E-state index in [0.717, 1.165) is 25.2 Å². The molecule has 4 heteroatoms. The fourth-order valence-electron chi connectivity index (χ4n) is 2.24. The summed E-state index contributed by atoms with van der Waals surface area (Å²) in [6.07, 6.45) is 3.13. The molecule has 0 N–H and O–H groups in total. The van der Waals surface area contributed by atoms with Gasteiger partial charge in [0.05, 0.1) is 10.2 Å². The van der Waals surface area contributed by atoms with Crippen molar-refractivity contribution in [3.8, 4) is 0 Å². The fourth-order valence-corrected chi connectivity index (χ4v) is 2.42. The van der Waals surface area contributed by atoms with Crippen LogP contribution in [0.15, 0.2) is 34.7 Å². The Hall–Kier alpha value is -1.16. The number of rotatable bonds is 4. The molecule has 1 aliphatic carbocycles. The predicted molar refractivity (Wildman–Crippen MR) is 72.7 cm³/mol. The Bertz CT molecular complexity index is 534. The van der Waals surface area contributed by atoms with Crippen LogP contribution >= 0.6 is 15.9 Å². The zero-order valence-corrected chi connectivity index (χ0v) is 11.9. The molecule has 0 aliphatic heterocycles. The Balaban J connectivity index is 1.93. The first-order valence-corrected chi connectivity index (χ1v) is 7.21. The second-order valence-corrected chi connectivity index (χ2v) is 5.87. The van der Waals surface area contributed by atoms with E-state index in [-0.39, 0.29) is 10.2 Å². The van der Waals surface area contributed by atoms with Crippen LogP contribution in [-0.4, -0.2) is 10.2 Å². The summed E-state index contributed by atoms with van der Waals surface area (Å²) < 4.78 is 5.85. The summed E-state index contributed by atoms with van der Waals surface area (Å²) in [6.45, 7) is 2.09. The third-order valence-electron chi connectivity index (χ3n) is 3.55. The number of hydrogen-bond donors (Lipinski definition) is 0. The molecule has 1 aromatic heterocycles. The van der Waals surface area contributed by atoms with Crippen LogP contribution in [0.4, 0.5) is 0 Å². The first kappa shape index (κ1) is 11.9. The van der Waals surface area contributed by atoms with Crippen molar-refractivity contribution in [2.24, 2.45) is 0 Å². The maximum atomic E-state index is 5.85. The second kappa shape index (κ2) is 4.50. The van der Waals surface area contributed by atoms with E-state index in [1.54, 1.807) is 0 Å². The zero-order chi connectivity index (χ0) is 12.6. The molecule has 0 radical (unpaired) electrons. The third-order valence-corrected chi connectivity index (χ3v) is 4.59. The van der Waals surface area contributed by atoms with Gasteiger partial charge in [-0.25, -0.2) is 0 Å². The fraction of sp³-hybridized carbons (Fsp3) is 0.429. The topological polar surface area (TPSA) is 38.9 Å². The van der Waals surface area contributed by atoms with E-state index in [2.05, 4.69) is 57.3 Å². The lowest BCUT2D eigenvalue weighted by Crippen LogP contribution is -2.08. The summed E-state index contributed by atoms with van der Waals surface area (Å²) in [4.78, 5) is 0.158. The highest BCUT2D eigenvalue weighted by Gasteiger charge is 2.50. The number of halogens is 1. The Morgan fingerprint density at radius 1 is 1.28 bits per heavy atom. The number of benzene rings is 1. The van der Waals surface area contributed by atoms with Crippen LogP contribution < -0.4 is 0 Å². The van der Waals surface area contributed by atoms with Gasteiger partial charge in [-0.15, -0.1) is 10.2 Å². The molecule has 1 heterocycles. The van der Waals surface area contributed by atoms with Crippen molar-refractivity contribution in [1.29, 1.82) is 0 Å². The van der Waals surface area contributed by atoms with Gasteiger partial charge >= 0.3 is 0 Å². The molecule has 1 atom stereocenters. The number of hydrogen-bond acceptors (Lipinski definition) is 3. The van der Waals surface area contributed by atoms with Crippen molar-refractivity contribution >= 4 is 15.9 Å². The van der Waals surface area contributed by atoms with Crippen molar-refractivity contribution in [3.05, 3.63) is 47.7 Å². The molecule has 0 amide bonds. The van der Waals surface area contributed by atoms with Crippen molar-refractivity contribution in [1.82, 2.24) is 10.2 Å². The lowest BCUT2D eigenvalue weighted by molar-refractivity contribution is 0.423. The Labute approximate surface area is 115 Å². The van der Waals surface area contributed by atoms with Crippen molar-refractivity contribution in [2.75, 3.05) is 0 Å².